The maximum absolute atomic E-state index is 11.6. The molecule has 1 saturated carbocycles. The van der Waals surface area contributed by atoms with Crippen molar-refractivity contribution < 1.29 is 9.90 Å². The number of likely N-dealkylation sites (tertiary alicyclic amines) is 1. The summed E-state index contributed by atoms with van der Waals surface area (Å²) in [6.07, 6.45) is 4.98. The molecule has 16 heavy (non-hydrogen) atoms. The van der Waals surface area contributed by atoms with Crippen LogP contribution >= 0.6 is 0 Å². The van der Waals surface area contributed by atoms with Gasteiger partial charge in [0.1, 0.15) is 5.54 Å². The molecule has 1 N–H and O–H groups in total. The average molecular weight is 225 g/mol. The van der Waals surface area contributed by atoms with E-state index in [0.717, 1.165) is 45.2 Å². The number of nitrogens with zero attached hydrogens (tertiary/aromatic N) is 1. The zero-order chi connectivity index (χ0) is 11.8. The van der Waals surface area contributed by atoms with Crippen molar-refractivity contribution in [1.29, 1.82) is 0 Å². The normalized spacial score (nSPS) is 41.1. The molecule has 2 fully saturated rings. The topological polar surface area (TPSA) is 40.5 Å². The van der Waals surface area contributed by atoms with Crippen LogP contribution in [-0.2, 0) is 4.79 Å². The van der Waals surface area contributed by atoms with Gasteiger partial charge in [0, 0.05) is 6.54 Å². The van der Waals surface area contributed by atoms with Crippen LogP contribution in [0.3, 0.4) is 0 Å². The second-order valence-electron chi connectivity index (χ2n) is 5.86. The number of hydrogen-bond acceptors (Lipinski definition) is 2. The standard InChI is InChI=1S/C13H23NO2/c1-10-3-6-13(7-4-10,12(15)16)14-8-5-11(2)9-14/h10-11H,3-9H2,1-2H3,(H,15,16). The highest BCUT2D eigenvalue weighted by Crippen LogP contribution is 2.39. The summed E-state index contributed by atoms with van der Waals surface area (Å²) >= 11 is 0. The molecular formula is C13H23NO2. The summed E-state index contributed by atoms with van der Waals surface area (Å²) in [7, 11) is 0. The molecule has 0 radical (unpaired) electrons. The minimum atomic E-state index is -0.589. The van der Waals surface area contributed by atoms with Crippen LogP contribution in [0.5, 0.6) is 0 Å². The summed E-state index contributed by atoms with van der Waals surface area (Å²) in [4.78, 5) is 13.9. The third kappa shape index (κ3) is 1.97. The van der Waals surface area contributed by atoms with Crippen LogP contribution in [0.15, 0.2) is 0 Å². The third-order valence-corrected chi connectivity index (χ3v) is 4.53. The maximum atomic E-state index is 11.6. The van der Waals surface area contributed by atoms with E-state index in [1.165, 1.54) is 0 Å². The molecule has 1 aliphatic carbocycles. The van der Waals surface area contributed by atoms with E-state index in [9.17, 15) is 9.90 Å². The van der Waals surface area contributed by atoms with Crippen LogP contribution in [0.1, 0.15) is 46.0 Å². The fraction of sp³-hybridized carbons (Fsp3) is 0.923. The summed E-state index contributed by atoms with van der Waals surface area (Å²) in [6, 6.07) is 0. The number of carboxylic acid groups (broad SMARTS) is 1. The number of carboxylic acids is 1. The predicted octanol–water partition coefficient (Wildman–Crippen LogP) is 2.36. The van der Waals surface area contributed by atoms with E-state index < -0.39 is 11.5 Å². The Morgan fingerprint density at radius 2 is 1.81 bits per heavy atom. The zero-order valence-electron chi connectivity index (χ0n) is 10.4. The van der Waals surface area contributed by atoms with E-state index in [1.807, 2.05) is 0 Å². The van der Waals surface area contributed by atoms with Crippen molar-refractivity contribution in [3.63, 3.8) is 0 Å². The average Bonchev–Trinajstić information content (AvgIpc) is 2.66. The maximum Gasteiger partial charge on any atom is 0.324 e. The third-order valence-electron chi connectivity index (χ3n) is 4.53. The van der Waals surface area contributed by atoms with Crippen LogP contribution in [0.25, 0.3) is 0 Å². The Labute approximate surface area is 97.8 Å². The summed E-state index contributed by atoms with van der Waals surface area (Å²) in [6.45, 7) is 6.40. The molecule has 1 heterocycles. The lowest BCUT2D eigenvalue weighted by atomic mass is 9.76. The van der Waals surface area contributed by atoms with Gasteiger partial charge in [-0.25, -0.2) is 0 Å². The van der Waals surface area contributed by atoms with Crippen molar-refractivity contribution in [1.82, 2.24) is 4.90 Å². The first-order valence-corrected chi connectivity index (χ1v) is 6.53. The molecule has 0 aromatic carbocycles. The molecule has 2 rings (SSSR count). The van der Waals surface area contributed by atoms with E-state index >= 15 is 0 Å². The first kappa shape index (κ1) is 11.9. The van der Waals surface area contributed by atoms with E-state index in [2.05, 4.69) is 18.7 Å². The summed E-state index contributed by atoms with van der Waals surface area (Å²) in [5.74, 6) is 0.775. The Kier molecular flexibility index (Phi) is 3.24. The Morgan fingerprint density at radius 1 is 1.19 bits per heavy atom. The Morgan fingerprint density at radius 3 is 2.25 bits per heavy atom. The van der Waals surface area contributed by atoms with Crippen molar-refractivity contribution in [2.75, 3.05) is 13.1 Å². The van der Waals surface area contributed by atoms with Gasteiger partial charge in [-0.05, 0) is 50.5 Å². The van der Waals surface area contributed by atoms with E-state index in [4.69, 9.17) is 0 Å². The molecule has 0 spiro atoms. The Hall–Kier alpha value is -0.570. The largest absolute Gasteiger partial charge is 0.480 e. The zero-order valence-corrected chi connectivity index (χ0v) is 10.4. The van der Waals surface area contributed by atoms with Crippen LogP contribution in [0.4, 0.5) is 0 Å². The lowest BCUT2D eigenvalue weighted by Crippen LogP contribution is -2.55. The Balaban J connectivity index is 2.13. The summed E-state index contributed by atoms with van der Waals surface area (Å²) in [5.41, 5.74) is -0.530. The van der Waals surface area contributed by atoms with Crippen LogP contribution in [0.2, 0.25) is 0 Å². The van der Waals surface area contributed by atoms with E-state index in [0.29, 0.717) is 11.8 Å². The van der Waals surface area contributed by atoms with Gasteiger partial charge in [-0.1, -0.05) is 13.8 Å². The minimum absolute atomic E-state index is 0.530. The number of rotatable bonds is 2. The summed E-state index contributed by atoms with van der Waals surface area (Å²) < 4.78 is 0. The molecule has 1 atom stereocenters. The monoisotopic (exact) mass is 225 g/mol. The quantitative estimate of drug-likeness (QED) is 0.784. The number of hydrogen-bond donors (Lipinski definition) is 1. The fourth-order valence-electron chi connectivity index (χ4n) is 3.23. The van der Waals surface area contributed by atoms with Crippen LogP contribution < -0.4 is 0 Å². The van der Waals surface area contributed by atoms with Crippen LogP contribution in [-0.4, -0.2) is 34.6 Å². The van der Waals surface area contributed by atoms with Gasteiger partial charge in [-0.15, -0.1) is 0 Å². The molecule has 0 aromatic heterocycles. The SMILES string of the molecule is CC1CCC(C(=O)O)(N2CCC(C)C2)CC1. The van der Waals surface area contributed by atoms with Gasteiger partial charge in [-0.3, -0.25) is 9.69 Å². The van der Waals surface area contributed by atoms with Gasteiger partial charge in [0.15, 0.2) is 0 Å². The molecular weight excluding hydrogens is 202 g/mol. The molecule has 0 amide bonds. The molecule has 1 saturated heterocycles. The highest BCUT2D eigenvalue weighted by atomic mass is 16.4. The van der Waals surface area contributed by atoms with Gasteiger partial charge in [-0.2, -0.15) is 0 Å². The highest BCUT2D eigenvalue weighted by molar-refractivity contribution is 5.79. The van der Waals surface area contributed by atoms with Crippen LogP contribution in [0, 0.1) is 11.8 Å². The number of carbonyl (C=O) groups is 1. The molecule has 1 unspecified atom stereocenters. The van der Waals surface area contributed by atoms with E-state index in [-0.39, 0.29) is 0 Å². The van der Waals surface area contributed by atoms with Gasteiger partial charge in [0.25, 0.3) is 0 Å². The minimum Gasteiger partial charge on any atom is -0.480 e. The second kappa shape index (κ2) is 4.36. The van der Waals surface area contributed by atoms with Gasteiger partial charge >= 0.3 is 5.97 Å². The predicted molar refractivity (Wildman–Crippen MR) is 63.4 cm³/mol. The highest BCUT2D eigenvalue weighted by Gasteiger charge is 2.47. The van der Waals surface area contributed by atoms with Crippen molar-refractivity contribution in [2.24, 2.45) is 11.8 Å². The van der Waals surface area contributed by atoms with Gasteiger partial charge in [0.2, 0.25) is 0 Å². The van der Waals surface area contributed by atoms with Crippen molar-refractivity contribution in [2.45, 2.75) is 51.5 Å². The summed E-state index contributed by atoms with van der Waals surface area (Å²) in [5, 5.41) is 9.58. The fourth-order valence-corrected chi connectivity index (χ4v) is 3.23. The lowest BCUT2D eigenvalue weighted by Gasteiger charge is -2.42. The molecule has 0 bridgehead atoms. The molecule has 3 heteroatoms. The van der Waals surface area contributed by atoms with Crippen molar-refractivity contribution >= 4 is 5.97 Å². The van der Waals surface area contributed by atoms with E-state index in [1.54, 1.807) is 0 Å². The lowest BCUT2D eigenvalue weighted by molar-refractivity contribution is -0.154. The molecule has 1 aliphatic heterocycles. The van der Waals surface area contributed by atoms with Gasteiger partial charge < -0.3 is 5.11 Å². The molecule has 3 nitrogen and oxygen atoms in total. The smallest absolute Gasteiger partial charge is 0.324 e. The molecule has 92 valence electrons. The van der Waals surface area contributed by atoms with Crippen molar-refractivity contribution in [3.8, 4) is 0 Å². The Bertz CT molecular complexity index is 269. The van der Waals surface area contributed by atoms with Gasteiger partial charge in [0.05, 0.1) is 0 Å². The molecule has 0 aromatic rings. The number of aliphatic carboxylic acids is 1. The first-order chi connectivity index (χ1) is 7.54. The molecule has 2 aliphatic rings. The first-order valence-electron chi connectivity index (χ1n) is 6.53. The van der Waals surface area contributed by atoms with Crippen molar-refractivity contribution in [3.05, 3.63) is 0 Å². The second-order valence-corrected chi connectivity index (χ2v) is 5.86.